The lowest BCUT2D eigenvalue weighted by molar-refractivity contribution is -0.139. The van der Waals surface area contributed by atoms with E-state index in [1.54, 1.807) is 4.90 Å². The molecule has 0 radical (unpaired) electrons. The summed E-state index contributed by atoms with van der Waals surface area (Å²) in [4.78, 5) is 92.4. The Kier molecular flexibility index (Phi) is 30.7. The highest BCUT2D eigenvalue weighted by atomic mass is 16.4. The molecule has 1 saturated carbocycles. The number of ketones is 1. The number of nitrogens with one attached hydrogen (secondary N) is 4. The second-order valence-electron chi connectivity index (χ2n) is 18.4. The van der Waals surface area contributed by atoms with E-state index in [2.05, 4.69) is 35.1 Å². The SMILES string of the molecule is CCCCCCCCCCCCCC(=O)C1CCCC1C(=O)NCC(NC(=O)C1CCCN1C(=O)CCCCCCCCCCCCC)C(=O)NCCNC(=O)C(N)CCC(=O)O. The molecule has 1 saturated heterocycles. The highest BCUT2D eigenvalue weighted by Gasteiger charge is 2.39. The second kappa shape index (κ2) is 34.8. The van der Waals surface area contributed by atoms with Gasteiger partial charge in [0.05, 0.1) is 6.04 Å². The maximum Gasteiger partial charge on any atom is 0.303 e. The Balaban J connectivity index is 1.91. The Morgan fingerprint density at radius 3 is 1.60 bits per heavy atom. The summed E-state index contributed by atoms with van der Waals surface area (Å²) in [5.41, 5.74) is 5.79. The van der Waals surface area contributed by atoms with Gasteiger partial charge >= 0.3 is 5.97 Å². The van der Waals surface area contributed by atoms with Gasteiger partial charge in [-0.1, -0.05) is 149 Å². The number of nitrogens with two attached hydrogens (primary N) is 1. The van der Waals surface area contributed by atoms with Crippen LogP contribution in [-0.4, -0.2) is 95.6 Å². The van der Waals surface area contributed by atoms with Crippen LogP contribution in [0.3, 0.4) is 0 Å². The quantitative estimate of drug-likeness (QED) is 0.0340. The maximum absolute atomic E-state index is 13.8. The fourth-order valence-electron chi connectivity index (χ4n) is 9.08. The van der Waals surface area contributed by atoms with Crippen molar-refractivity contribution in [3.8, 4) is 0 Å². The normalized spacial score (nSPS) is 18.1. The lowest BCUT2D eigenvalue weighted by Crippen LogP contribution is -2.57. The molecule has 0 aromatic heterocycles. The third-order valence-electron chi connectivity index (χ3n) is 13.0. The zero-order chi connectivity index (χ0) is 46.1. The fraction of sp³-hybridized carbons (Fsp3) is 0.857. The number of hydrogen-bond acceptors (Lipinski definition) is 8. The summed E-state index contributed by atoms with van der Waals surface area (Å²) < 4.78 is 0. The number of hydrogen-bond donors (Lipinski definition) is 6. The lowest BCUT2D eigenvalue weighted by atomic mass is 9.88. The molecular formula is C49H88N6O8. The molecule has 0 bridgehead atoms. The average molecular weight is 889 g/mol. The maximum atomic E-state index is 13.8. The molecule has 0 aromatic carbocycles. The molecule has 2 rings (SSSR count). The standard InChI is InChI=1S/C49H88N6O8/c1-3-5-7-9-11-13-15-17-19-21-23-30-43(56)38-27-25-28-39(38)46(60)53-37-41(48(62)52-35-34-51-47(61)40(50)32-33-45(58)59)54-49(63)42-29-26-36-55(42)44(57)31-24-22-20-18-16-14-12-10-8-6-4-2/h38-42H,3-37,50H2,1-2H3,(H,51,61)(H,52,62)(H,53,60)(H,54,63)(H,58,59). The van der Waals surface area contributed by atoms with Gasteiger partial charge in [-0.3, -0.25) is 33.6 Å². The number of carboxylic acids is 1. The Labute approximate surface area is 379 Å². The zero-order valence-electron chi connectivity index (χ0n) is 39.5. The van der Waals surface area contributed by atoms with Gasteiger partial charge < -0.3 is 37.0 Å². The van der Waals surface area contributed by atoms with Crippen molar-refractivity contribution in [2.24, 2.45) is 17.6 Å². The van der Waals surface area contributed by atoms with Gasteiger partial charge in [-0.25, -0.2) is 0 Å². The van der Waals surface area contributed by atoms with Gasteiger partial charge in [0.25, 0.3) is 0 Å². The van der Waals surface area contributed by atoms with Crippen LogP contribution in [0, 0.1) is 11.8 Å². The number of amides is 5. The van der Waals surface area contributed by atoms with E-state index in [9.17, 15) is 33.6 Å². The van der Waals surface area contributed by atoms with Crippen molar-refractivity contribution < 1.29 is 38.7 Å². The van der Waals surface area contributed by atoms with Gasteiger partial charge in [-0.15, -0.1) is 0 Å². The molecule has 5 atom stereocenters. The van der Waals surface area contributed by atoms with Crippen LogP contribution in [0.15, 0.2) is 0 Å². The van der Waals surface area contributed by atoms with Crippen molar-refractivity contribution in [3.05, 3.63) is 0 Å². The van der Waals surface area contributed by atoms with E-state index < -0.39 is 47.7 Å². The van der Waals surface area contributed by atoms with Crippen molar-refractivity contribution in [1.29, 1.82) is 0 Å². The van der Waals surface area contributed by atoms with Gasteiger partial charge in [-0.05, 0) is 44.9 Å². The number of carbonyl (C=O) groups is 7. The monoisotopic (exact) mass is 889 g/mol. The van der Waals surface area contributed by atoms with Crippen molar-refractivity contribution in [1.82, 2.24) is 26.2 Å². The number of unbranched alkanes of at least 4 members (excludes halogenated alkanes) is 20. The minimum absolute atomic E-state index is 0.00725. The minimum atomic E-state index is -1.17. The molecule has 2 fully saturated rings. The van der Waals surface area contributed by atoms with E-state index in [1.165, 1.54) is 103 Å². The molecule has 362 valence electrons. The summed E-state index contributed by atoms with van der Waals surface area (Å²) in [5.74, 6) is -3.78. The number of carbonyl (C=O) groups excluding carboxylic acids is 6. The molecule has 1 heterocycles. The van der Waals surface area contributed by atoms with E-state index >= 15 is 0 Å². The van der Waals surface area contributed by atoms with E-state index in [4.69, 9.17) is 10.8 Å². The lowest BCUT2D eigenvalue weighted by Gasteiger charge is -2.27. The molecule has 5 unspecified atom stereocenters. The third-order valence-corrected chi connectivity index (χ3v) is 13.0. The van der Waals surface area contributed by atoms with Gasteiger partial charge in [-0.2, -0.15) is 0 Å². The molecule has 63 heavy (non-hydrogen) atoms. The van der Waals surface area contributed by atoms with E-state index in [0.29, 0.717) is 45.1 Å². The van der Waals surface area contributed by atoms with Crippen LogP contribution in [0.1, 0.15) is 213 Å². The smallest absolute Gasteiger partial charge is 0.303 e. The fourth-order valence-corrected chi connectivity index (χ4v) is 9.08. The van der Waals surface area contributed by atoms with Crippen LogP contribution >= 0.6 is 0 Å². The average Bonchev–Trinajstić information content (AvgIpc) is 3.98. The van der Waals surface area contributed by atoms with Gasteiger partial charge in [0.15, 0.2) is 0 Å². The van der Waals surface area contributed by atoms with Crippen LogP contribution in [0.4, 0.5) is 0 Å². The van der Waals surface area contributed by atoms with Crippen molar-refractivity contribution in [2.75, 3.05) is 26.2 Å². The van der Waals surface area contributed by atoms with Crippen molar-refractivity contribution >= 4 is 41.3 Å². The summed E-state index contributed by atoms with van der Waals surface area (Å²) >= 11 is 0. The Morgan fingerprint density at radius 1 is 0.571 bits per heavy atom. The molecule has 14 heteroatoms. The number of Topliss-reactive ketones (excluding diaryl/α,β-unsaturated/α-hetero) is 1. The van der Waals surface area contributed by atoms with E-state index in [1.807, 2.05) is 0 Å². The third kappa shape index (κ3) is 24.4. The summed E-state index contributed by atoms with van der Waals surface area (Å²) in [7, 11) is 0. The predicted molar refractivity (Wildman–Crippen MR) is 249 cm³/mol. The number of nitrogens with zero attached hydrogens (tertiary/aromatic N) is 1. The molecule has 2 aliphatic rings. The number of rotatable bonds is 38. The predicted octanol–water partition coefficient (Wildman–Crippen LogP) is 7.39. The van der Waals surface area contributed by atoms with Crippen molar-refractivity contribution in [2.45, 2.75) is 231 Å². The van der Waals surface area contributed by atoms with Crippen LogP contribution in [0.25, 0.3) is 0 Å². The number of carboxylic acid groups (broad SMARTS) is 1. The second-order valence-corrected chi connectivity index (χ2v) is 18.4. The first-order valence-corrected chi connectivity index (χ1v) is 25.4. The topological polar surface area (TPSA) is 217 Å². The Bertz CT molecular complexity index is 1350. The molecule has 5 amide bonds. The molecule has 0 aromatic rings. The first-order valence-electron chi connectivity index (χ1n) is 25.4. The van der Waals surface area contributed by atoms with Crippen molar-refractivity contribution in [3.63, 3.8) is 0 Å². The first kappa shape index (κ1) is 55.6. The van der Waals surface area contributed by atoms with Gasteiger partial charge in [0.2, 0.25) is 29.5 Å². The van der Waals surface area contributed by atoms with Crippen LogP contribution in [0.2, 0.25) is 0 Å². The summed E-state index contributed by atoms with van der Waals surface area (Å²) in [6.07, 6.45) is 29.8. The van der Waals surface area contributed by atoms with Crippen LogP contribution in [0.5, 0.6) is 0 Å². The molecule has 1 aliphatic carbocycles. The Morgan fingerprint density at radius 2 is 1.06 bits per heavy atom. The van der Waals surface area contributed by atoms with E-state index in [0.717, 1.165) is 44.9 Å². The van der Waals surface area contributed by atoms with Gasteiger partial charge in [0.1, 0.15) is 17.9 Å². The molecule has 1 aliphatic heterocycles. The van der Waals surface area contributed by atoms with Crippen LogP contribution < -0.4 is 27.0 Å². The highest BCUT2D eigenvalue weighted by molar-refractivity contribution is 5.93. The highest BCUT2D eigenvalue weighted by Crippen LogP contribution is 2.34. The molecular weight excluding hydrogens is 801 g/mol. The molecule has 7 N–H and O–H groups in total. The minimum Gasteiger partial charge on any atom is -0.481 e. The largest absolute Gasteiger partial charge is 0.481 e. The first-order chi connectivity index (χ1) is 30.5. The summed E-state index contributed by atoms with van der Waals surface area (Å²) in [6.45, 7) is 4.71. The van der Waals surface area contributed by atoms with Crippen LogP contribution in [-0.2, 0) is 33.6 Å². The van der Waals surface area contributed by atoms with E-state index in [-0.39, 0.29) is 56.0 Å². The molecule has 0 spiro atoms. The number of aliphatic carboxylic acids is 1. The zero-order valence-corrected chi connectivity index (χ0v) is 39.5. The summed E-state index contributed by atoms with van der Waals surface area (Å²) in [6, 6.07) is -2.92. The van der Waals surface area contributed by atoms with Gasteiger partial charge in [0, 0.05) is 57.3 Å². The molecule has 14 nitrogen and oxygen atoms in total. The number of likely N-dealkylation sites (tertiary alicyclic amines) is 1. The summed E-state index contributed by atoms with van der Waals surface area (Å²) in [5, 5.41) is 19.8. The Hall–Kier alpha value is -3.55.